The molecule has 20 heavy (non-hydrogen) atoms. The Morgan fingerprint density at radius 1 is 0.950 bits per heavy atom. The lowest BCUT2D eigenvalue weighted by Crippen LogP contribution is -1.96. The first kappa shape index (κ1) is 14.2. The molecule has 2 aromatic carbocycles. The van der Waals surface area contributed by atoms with E-state index in [1.165, 1.54) is 5.56 Å². The van der Waals surface area contributed by atoms with Crippen molar-refractivity contribution in [2.24, 2.45) is 5.92 Å². The molecule has 0 heterocycles. The van der Waals surface area contributed by atoms with Gasteiger partial charge in [-0.15, -0.1) is 5.92 Å². The van der Waals surface area contributed by atoms with Crippen LogP contribution in [0.15, 0.2) is 54.6 Å². The third-order valence-corrected chi connectivity index (χ3v) is 2.97. The molecule has 1 nitrogen and oxygen atoms in total. The van der Waals surface area contributed by atoms with Crippen LogP contribution in [-0.2, 0) is 6.42 Å². The van der Waals surface area contributed by atoms with Crippen molar-refractivity contribution in [3.63, 3.8) is 0 Å². The molecule has 102 valence electrons. The first-order chi connectivity index (χ1) is 9.78. The fourth-order valence-corrected chi connectivity index (χ4v) is 2.00. The lowest BCUT2D eigenvalue weighted by molar-refractivity contribution is 0.482. The van der Waals surface area contributed by atoms with E-state index in [-0.39, 0.29) is 0 Å². The molecule has 0 aliphatic carbocycles. The van der Waals surface area contributed by atoms with Crippen LogP contribution in [0.1, 0.15) is 25.8 Å². The zero-order valence-corrected chi connectivity index (χ0v) is 12.1. The summed E-state index contributed by atoms with van der Waals surface area (Å²) in [6.45, 7) is 4.24. The highest BCUT2D eigenvalue weighted by molar-refractivity contribution is 5.33. The Morgan fingerprint density at radius 2 is 1.60 bits per heavy atom. The number of benzene rings is 2. The molecule has 1 unspecified atom stereocenters. The average Bonchev–Trinajstić information content (AvgIpc) is 2.48. The minimum Gasteiger partial charge on any atom is -0.457 e. The van der Waals surface area contributed by atoms with Gasteiger partial charge < -0.3 is 4.74 Å². The standard InChI is InChI=1S/C19H20O/c1-3-4-8-16(2)15-17-11-13-19(14-12-17)20-18-9-6-5-7-10-18/h5-7,9-14,16H,3,15H2,1-2H3. The summed E-state index contributed by atoms with van der Waals surface area (Å²) in [5.41, 5.74) is 1.29. The van der Waals surface area contributed by atoms with Crippen molar-refractivity contribution in [3.8, 4) is 23.3 Å². The van der Waals surface area contributed by atoms with Gasteiger partial charge in [-0.1, -0.05) is 50.1 Å². The molecule has 2 aromatic rings. The second-order valence-electron chi connectivity index (χ2n) is 4.84. The molecule has 0 aliphatic rings. The summed E-state index contributed by atoms with van der Waals surface area (Å²) in [5.74, 6) is 8.52. The summed E-state index contributed by atoms with van der Waals surface area (Å²) in [6.07, 6.45) is 1.91. The summed E-state index contributed by atoms with van der Waals surface area (Å²) in [7, 11) is 0. The van der Waals surface area contributed by atoms with Gasteiger partial charge in [0.2, 0.25) is 0 Å². The Balaban J connectivity index is 1.96. The molecular formula is C19H20O. The molecule has 0 saturated carbocycles. The van der Waals surface area contributed by atoms with Crippen molar-refractivity contribution >= 4 is 0 Å². The number of rotatable bonds is 4. The van der Waals surface area contributed by atoms with E-state index >= 15 is 0 Å². The monoisotopic (exact) mass is 264 g/mol. The predicted octanol–water partition coefficient (Wildman–Crippen LogP) is 5.07. The lowest BCUT2D eigenvalue weighted by Gasteiger charge is -2.08. The molecule has 0 amide bonds. The summed E-state index contributed by atoms with van der Waals surface area (Å²) >= 11 is 0. The van der Waals surface area contributed by atoms with Crippen molar-refractivity contribution in [1.82, 2.24) is 0 Å². The van der Waals surface area contributed by atoms with E-state index < -0.39 is 0 Å². The molecule has 0 N–H and O–H groups in total. The largest absolute Gasteiger partial charge is 0.457 e. The first-order valence-electron chi connectivity index (χ1n) is 7.08. The Hall–Kier alpha value is -2.20. The van der Waals surface area contributed by atoms with Crippen LogP contribution in [0.4, 0.5) is 0 Å². The van der Waals surface area contributed by atoms with Gasteiger partial charge in [-0.05, 0) is 36.2 Å². The van der Waals surface area contributed by atoms with Gasteiger partial charge in [0.05, 0.1) is 0 Å². The molecule has 0 fully saturated rings. The van der Waals surface area contributed by atoms with Gasteiger partial charge in [0.25, 0.3) is 0 Å². The SMILES string of the molecule is CCC#CC(C)Cc1ccc(Oc2ccccc2)cc1. The van der Waals surface area contributed by atoms with Crippen LogP contribution in [0, 0.1) is 17.8 Å². The minimum atomic E-state index is 0.399. The zero-order valence-electron chi connectivity index (χ0n) is 12.1. The molecule has 2 rings (SSSR count). The predicted molar refractivity (Wildman–Crippen MR) is 83.9 cm³/mol. The van der Waals surface area contributed by atoms with Crippen LogP contribution in [-0.4, -0.2) is 0 Å². The van der Waals surface area contributed by atoms with Gasteiger partial charge in [-0.2, -0.15) is 0 Å². The van der Waals surface area contributed by atoms with Crippen LogP contribution in [0.3, 0.4) is 0 Å². The second kappa shape index (κ2) is 7.40. The molecule has 1 atom stereocenters. The fraction of sp³-hybridized carbons (Fsp3) is 0.263. The van der Waals surface area contributed by atoms with Gasteiger partial charge in [0, 0.05) is 12.3 Å². The molecular weight excluding hydrogens is 244 g/mol. The van der Waals surface area contributed by atoms with Crippen LogP contribution in [0.2, 0.25) is 0 Å². The van der Waals surface area contributed by atoms with Crippen LogP contribution in [0.5, 0.6) is 11.5 Å². The smallest absolute Gasteiger partial charge is 0.127 e. The number of hydrogen-bond acceptors (Lipinski definition) is 1. The number of para-hydroxylation sites is 1. The maximum Gasteiger partial charge on any atom is 0.127 e. The zero-order chi connectivity index (χ0) is 14.2. The third kappa shape index (κ3) is 4.48. The first-order valence-corrected chi connectivity index (χ1v) is 7.08. The second-order valence-corrected chi connectivity index (χ2v) is 4.84. The summed E-state index contributed by atoms with van der Waals surface area (Å²) in [5, 5.41) is 0. The highest BCUT2D eigenvalue weighted by Gasteiger charge is 2.01. The Labute approximate surface area is 121 Å². The Morgan fingerprint density at radius 3 is 2.25 bits per heavy atom. The number of hydrogen-bond donors (Lipinski definition) is 0. The van der Waals surface area contributed by atoms with Crippen LogP contribution >= 0.6 is 0 Å². The van der Waals surface area contributed by atoms with E-state index in [1.807, 2.05) is 42.5 Å². The molecule has 0 bridgehead atoms. The maximum atomic E-state index is 5.78. The van der Waals surface area contributed by atoms with E-state index in [9.17, 15) is 0 Å². The van der Waals surface area contributed by atoms with Gasteiger partial charge >= 0.3 is 0 Å². The minimum absolute atomic E-state index is 0.399. The number of ether oxygens (including phenoxy) is 1. The maximum absolute atomic E-state index is 5.78. The third-order valence-electron chi connectivity index (χ3n) is 2.97. The highest BCUT2D eigenvalue weighted by atomic mass is 16.5. The van der Waals surface area contributed by atoms with Gasteiger partial charge in [-0.3, -0.25) is 0 Å². The molecule has 0 aliphatic heterocycles. The average molecular weight is 264 g/mol. The Bertz CT molecular complexity index is 573. The van der Waals surface area contributed by atoms with Crippen molar-refractivity contribution in [3.05, 3.63) is 60.2 Å². The highest BCUT2D eigenvalue weighted by Crippen LogP contribution is 2.21. The fourth-order valence-electron chi connectivity index (χ4n) is 2.00. The van der Waals surface area contributed by atoms with E-state index in [0.29, 0.717) is 5.92 Å². The lowest BCUT2D eigenvalue weighted by atomic mass is 10.0. The van der Waals surface area contributed by atoms with Crippen molar-refractivity contribution in [1.29, 1.82) is 0 Å². The topological polar surface area (TPSA) is 9.23 Å². The molecule has 0 spiro atoms. The van der Waals surface area contributed by atoms with Crippen molar-refractivity contribution in [2.75, 3.05) is 0 Å². The van der Waals surface area contributed by atoms with Crippen molar-refractivity contribution < 1.29 is 4.74 Å². The molecule has 0 aromatic heterocycles. The van der Waals surface area contributed by atoms with E-state index in [2.05, 4.69) is 37.8 Å². The quantitative estimate of drug-likeness (QED) is 0.700. The van der Waals surface area contributed by atoms with Gasteiger partial charge in [-0.25, -0.2) is 0 Å². The molecule has 0 saturated heterocycles. The van der Waals surface area contributed by atoms with Gasteiger partial charge in [0.1, 0.15) is 11.5 Å². The van der Waals surface area contributed by atoms with E-state index in [1.54, 1.807) is 0 Å². The summed E-state index contributed by atoms with van der Waals surface area (Å²) in [6, 6.07) is 18.1. The Kier molecular flexibility index (Phi) is 5.26. The van der Waals surface area contributed by atoms with Gasteiger partial charge in [0.15, 0.2) is 0 Å². The molecule has 0 radical (unpaired) electrons. The normalized spacial score (nSPS) is 11.3. The van der Waals surface area contributed by atoms with Crippen LogP contribution in [0.25, 0.3) is 0 Å². The van der Waals surface area contributed by atoms with E-state index in [0.717, 1.165) is 24.3 Å². The molecule has 1 heteroatoms. The van der Waals surface area contributed by atoms with Crippen molar-refractivity contribution in [2.45, 2.75) is 26.7 Å². The summed E-state index contributed by atoms with van der Waals surface area (Å²) in [4.78, 5) is 0. The van der Waals surface area contributed by atoms with E-state index in [4.69, 9.17) is 4.74 Å². The van der Waals surface area contributed by atoms with Crippen LogP contribution < -0.4 is 4.74 Å². The summed E-state index contributed by atoms with van der Waals surface area (Å²) < 4.78 is 5.78.